The van der Waals surface area contributed by atoms with E-state index in [9.17, 15) is 23.4 Å². The van der Waals surface area contributed by atoms with Gasteiger partial charge < -0.3 is 19.7 Å². The van der Waals surface area contributed by atoms with Crippen LogP contribution in [0.2, 0.25) is 0 Å². The van der Waals surface area contributed by atoms with Crippen molar-refractivity contribution in [3.8, 4) is 23.0 Å². The van der Waals surface area contributed by atoms with E-state index in [1.165, 1.54) is 6.92 Å². The Hall–Kier alpha value is -2.05. The van der Waals surface area contributed by atoms with Crippen molar-refractivity contribution in [1.82, 2.24) is 0 Å². The first kappa shape index (κ1) is 22.0. The number of halogens is 3. The highest BCUT2D eigenvalue weighted by Gasteiger charge is 2.38. The van der Waals surface area contributed by atoms with E-state index in [4.69, 9.17) is 4.74 Å². The second kappa shape index (κ2) is 7.68. The summed E-state index contributed by atoms with van der Waals surface area (Å²) in [5.74, 6) is -2.29. The van der Waals surface area contributed by atoms with Crippen molar-refractivity contribution >= 4 is 0 Å². The number of phenolic OH excluding ortho intramolecular Hbond substituents is 2. The fourth-order valence-electron chi connectivity index (χ4n) is 3.37. The first-order valence-corrected chi connectivity index (χ1v) is 8.28. The maximum Gasteiger partial charge on any atom is 0.573 e. The minimum Gasteiger partial charge on any atom is -0.504 e. The van der Waals surface area contributed by atoms with E-state index in [0.29, 0.717) is 5.92 Å². The molecule has 26 heavy (non-hydrogen) atoms. The van der Waals surface area contributed by atoms with Gasteiger partial charge in [-0.3, -0.25) is 0 Å². The van der Waals surface area contributed by atoms with Crippen LogP contribution in [0.4, 0.5) is 13.2 Å². The van der Waals surface area contributed by atoms with Gasteiger partial charge in [0.15, 0.2) is 11.5 Å². The van der Waals surface area contributed by atoms with Gasteiger partial charge in [0.2, 0.25) is 11.5 Å². The molecule has 7 heteroatoms. The molecule has 0 saturated heterocycles. The van der Waals surface area contributed by atoms with E-state index >= 15 is 0 Å². The lowest BCUT2D eigenvalue weighted by molar-refractivity contribution is -0.275. The van der Waals surface area contributed by atoms with E-state index in [-0.39, 0.29) is 11.1 Å². The van der Waals surface area contributed by atoms with Gasteiger partial charge in [-0.2, -0.15) is 0 Å². The molecule has 0 aliphatic heterocycles. The number of hydrogen-bond donors (Lipinski definition) is 2. The molecule has 0 bridgehead atoms. The Balaban J connectivity index is 3.66. The summed E-state index contributed by atoms with van der Waals surface area (Å²) in [7, 11) is 1.09. The maximum atomic E-state index is 12.8. The van der Waals surface area contributed by atoms with Crippen molar-refractivity contribution in [1.29, 1.82) is 0 Å². The van der Waals surface area contributed by atoms with Crippen molar-refractivity contribution in [3.05, 3.63) is 22.8 Å². The maximum absolute atomic E-state index is 12.8. The minimum absolute atomic E-state index is 0.151. The molecule has 4 nitrogen and oxygen atoms in total. The molecule has 1 rings (SSSR count). The molecule has 0 heterocycles. The zero-order valence-corrected chi connectivity index (χ0v) is 16.2. The molecule has 148 valence electrons. The van der Waals surface area contributed by atoms with Crippen molar-refractivity contribution in [2.45, 2.75) is 59.7 Å². The number of phenols is 2. The van der Waals surface area contributed by atoms with Gasteiger partial charge in [-0.1, -0.05) is 39.3 Å². The summed E-state index contributed by atoms with van der Waals surface area (Å²) < 4.78 is 47.1. The van der Waals surface area contributed by atoms with Gasteiger partial charge in [-0.15, -0.1) is 13.2 Å². The highest BCUT2D eigenvalue weighted by molar-refractivity contribution is 5.68. The van der Waals surface area contributed by atoms with Crippen LogP contribution in [0.25, 0.3) is 0 Å². The van der Waals surface area contributed by atoms with Gasteiger partial charge in [0, 0.05) is 16.5 Å². The number of allylic oxidation sites excluding steroid dienone is 2. The van der Waals surface area contributed by atoms with Gasteiger partial charge in [-0.05, 0) is 26.2 Å². The molecule has 0 amide bonds. The third kappa shape index (κ3) is 4.99. The molecule has 0 spiro atoms. The Bertz CT molecular complexity index is 689. The van der Waals surface area contributed by atoms with Crippen LogP contribution in [0.1, 0.15) is 52.2 Å². The fraction of sp³-hybridized carbons (Fsp3) is 0.579. The van der Waals surface area contributed by atoms with Crippen molar-refractivity contribution in [2.75, 3.05) is 7.11 Å². The van der Waals surface area contributed by atoms with Crippen LogP contribution in [0.5, 0.6) is 23.0 Å². The average molecular weight is 376 g/mol. The number of ether oxygens (including phenoxy) is 2. The summed E-state index contributed by atoms with van der Waals surface area (Å²) in [4.78, 5) is 0. The van der Waals surface area contributed by atoms with Crippen molar-refractivity contribution in [2.24, 2.45) is 5.92 Å². The zero-order valence-electron chi connectivity index (χ0n) is 16.2. The minimum atomic E-state index is -5.04. The number of alkyl halides is 3. The van der Waals surface area contributed by atoms with Gasteiger partial charge in [-0.25, -0.2) is 0 Å². The van der Waals surface area contributed by atoms with Crippen LogP contribution in [0, 0.1) is 12.8 Å². The summed E-state index contributed by atoms with van der Waals surface area (Å²) in [6, 6.07) is 0. The van der Waals surface area contributed by atoms with Crippen LogP contribution in [0.15, 0.2) is 11.6 Å². The largest absolute Gasteiger partial charge is 0.573 e. The van der Waals surface area contributed by atoms with E-state index in [1.54, 1.807) is 13.8 Å². The molecule has 2 N–H and O–H groups in total. The van der Waals surface area contributed by atoms with E-state index in [0.717, 1.165) is 19.1 Å². The predicted octanol–water partition coefficient (Wildman–Crippen LogP) is 5.58. The van der Waals surface area contributed by atoms with Crippen LogP contribution in [0.3, 0.4) is 0 Å². The number of aromatic hydroxyl groups is 2. The van der Waals surface area contributed by atoms with Gasteiger partial charge >= 0.3 is 6.36 Å². The fourth-order valence-corrected chi connectivity index (χ4v) is 3.37. The monoisotopic (exact) mass is 376 g/mol. The number of methoxy groups -OCH3 is 1. The first-order chi connectivity index (χ1) is 11.7. The Labute approximate surface area is 152 Å². The molecule has 1 aromatic rings. The number of hydrogen-bond acceptors (Lipinski definition) is 4. The highest BCUT2D eigenvalue weighted by Crippen LogP contribution is 2.53. The summed E-state index contributed by atoms with van der Waals surface area (Å²) in [5.41, 5.74) is 0.559. The average Bonchev–Trinajstić information content (AvgIpc) is 2.42. The summed E-state index contributed by atoms with van der Waals surface area (Å²) >= 11 is 0. The third-order valence-electron chi connectivity index (χ3n) is 4.01. The standard InChI is InChI=1S/C19H27F3O4/c1-10(2)8-11(3)9-18(5,6)13-12(4)14(23)16(25-7)17(15(13)24)26-19(20,21)22/h9-10,23-24H,8H2,1-7H3/b11-9+. The first-order valence-electron chi connectivity index (χ1n) is 8.28. The quantitative estimate of drug-likeness (QED) is 0.502. The lowest BCUT2D eigenvalue weighted by Gasteiger charge is -2.28. The zero-order chi connectivity index (χ0) is 20.4. The SMILES string of the molecule is COc1c(O)c(C)c(C(C)(C)/C=C(\C)CC(C)C)c(O)c1OC(F)(F)F. The second-order valence-electron chi connectivity index (χ2n) is 7.42. The second-order valence-corrected chi connectivity index (χ2v) is 7.42. The van der Waals surface area contributed by atoms with E-state index in [2.05, 4.69) is 18.6 Å². The molecule has 1 aromatic carbocycles. The summed E-state index contributed by atoms with van der Waals surface area (Å²) in [6.07, 6.45) is -2.37. The molecular formula is C19H27F3O4. The highest BCUT2D eigenvalue weighted by atomic mass is 19.4. The van der Waals surface area contributed by atoms with Crippen molar-refractivity contribution in [3.63, 3.8) is 0 Å². The molecule has 0 fully saturated rings. The predicted molar refractivity (Wildman–Crippen MR) is 94.0 cm³/mol. The van der Waals surface area contributed by atoms with Gasteiger partial charge in [0.1, 0.15) is 0 Å². The van der Waals surface area contributed by atoms with Gasteiger partial charge in [0.05, 0.1) is 7.11 Å². The lowest BCUT2D eigenvalue weighted by Crippen LogP contribution is -2.21. The summed E-state index contributed by atoms with van der Waals surface area (Å²) in [5, 5.41) is 20.9. The Morgan fingerprint density at radius 1 is 1.12 bits per heavy atom. The Morgan fingerprint density at radius 2 is 1.65 bits per heavy atom. The smallest absolute Gasteiger partial charge is 0.504 e. The van der Waals surface area contributed by atoms with E-state index < -0.39 is 34.8 Å². The molecule has 0 saturated carbocycles. The van der Waals surface area contributed by atoms with Crippen LogP contribution >= 0.6 is 0 Å². The lowest BCUT2D eigenvalue weighted by atomic mass is 9.78. The number of benzene rings is 1. The van der Waals surface area contributed by atoms with E-state index in [1.807, 2.05) is 13.0 Å². The third-order valence-corrected chi connectivity index (χ3v) is 4.01. The summed E-state index contributed by atoms with van der Waals surface area (Å²) in [6.45, 7) is 11.1. The molecular weight excluding hydrogens is 349 g/mol. The van der Waals surface area contributed by atoms with Crippen LogP contribution in [-0.2, 0) is 5.41 Å². The number of rotatable bonds is 6. The molecule has 0 aliphatic rings. The van der Waals surface area contributed by atoms with Gasteiger partial charge in [0.25, 0.3) is 0 Å². The Morgan fingerprint density at radius 3 is 2.08 bits per heavy atom. The topological polar surface area (TPSA) is 58.9 Å². The molecule has 0 atom stereocenters. The Kier molecular flexibility index (Phi) is 6.49. The molecule has 0 unspecified atom stereocenters. The normalized spacial score (nSPS) is 13.3. The van der Waals surface area contributed by atoms with Crippen LogP contribution < -0.4 is 9.47 Å². The van der Waals surface area contributed by atoms with Crippen molar-refractivity contribution < 1.29 is 32.9 Å². The molecule has 0 aliphatic carbocycles. The molecule has 0 aromatic heterocycles. The van der Waals surface area contributed by atoms with Crippen LogP contribution in [-0.4, -0.2) is 23.7 Å². The molecule has 0 radical (unpaired) electrons.